The van der Waals surface area contributed by atoms with Crippen LogP contribution in [-0.2, 0) is 0 Å². The van der Waals surface area contributed by atoms with Crippen LogP contribution < -0.4 is 10.5 Å². The van der Waals surface area contributed by atoms with Crippen molar-refractivity contribution in [1.29, 1.82) is 0 Å². The quantitative estimate of drug-likeness (QED) is 0.606. The number of hydrogen-bond donors (Lipinski definition) is 1. The topological polar surface area (TPSA) is 78.4 Å². The van der Waals surface area contributed by atoms with Gasteiger partial charge in [0.2, 0.25) is 0 Å². The third kappa shape index (κ3) is 2.63. The Morgan fingerprint density at radius 3 is 2.80 bits per heavy atom. The van der Waals surface area contributed by atoms with Crippen molar-refractivity contribution in [3.05, 3.63) is 33.6 Å². The molecule has 0 heterocycles. The lowest BCUT2D eigenvalue weighted by Crippen LogP contribution is -2.11. The molecule has 6 heteroatoms. The first kappa shape index (κ1) is 11.4. The second-order valence-electron chi connectivity index (χ2n) is 2.96. The third-order valence-electron chi connectivity index (χ3n) is 1.82. The van der Waals surface area contributed by atoms with E-state index in [-0.39, 0.29) is 24.6 Å². The number of nitro groups is 1. The largest absolute Gasteiger partial charge is 0.489 e. The Morgan fingerprint density at radius 1 is 1.60 bits per heavy atom. The third-order valence-corrected chi connectivity index (χ3v) is 1.82. The van der Waals surface area contributed by atoms with Gasteiger partial charge in [0.1, 0.15) is 6.61 Å². The van der Waals surface area contributed by atoms with Gasteiger partial charge in [0.05, 0.1) is 11.0 Å². The van der Waals surface area contributed by atoms with Gasteiger partial charge in [-0.25, -0.2) is 4.39 Å². The van der Waals surface area contributed by atoms with E-state index in [1.165, 1.54) is 13.0 Å². The Morgan fingerprint density at radius 2 is 2.27 bits per heavy atom. The molecule has 0 atom stereocenters. The van der Waals surface area contributed by atoms with Crippen LogP contribution in [0.5, 0.6) is 5.75 Å². The number of hydrogen-bond acceptors (Lipinski definition) is 4. The molecule has 0 radical (unpaired) electrons. The number of rotatable bonds is 4. The lowest BCUT2D eigenvalue weighted by molar-refractivity contribution is -0.385. The van der Waals surface area contributed by atoms with Gasteiger partial charge in [0.25, 0.3) is 5.69 Å². The zero-order chi connectivity index (χ0) is 11.4. The second-order valence-corrected chi connectivity index (χ2v) is 2.96. The fraction of sp³-hybridized carbons (Fsp3) is 0.333. The predicted octanol–water partition coefficient (Wildman–Crippen LogP) is 1.38. The summed E-state index contributed by atoms with van der Waals surface area (Å²) in [5.74, 6) is -0.760. The molecule has 0 fully saturated rings. The number of nitro benzene ring substituents is 1. The van der Waals surface area contributed by atoms with Gasteiger partial charge in [0.15, 0.2) is 11.6 Å². The minimum absolute atomic E-state index is 0.0106. The molecule has 0 unspecified atom stereocenters. The van der Waals surface area contributed by atoms with E-state index in [0.29, 0.717) is 5.56 Å². The molecule has 0 aromatic heterocycles. The number of nitrogens with zero attached hydrogens (tertiary/aromatic N) is 1. The second kappa shape index (κ2) is 4.70. The van der Waals surface area contributed by atoms with Gasteiger partial charge in [-0.15, -0.1) is 0 Å². The van der Waals surface area contributed by atoms with Crippen molar-refractivity contribution < 1.29 is 14.1 Å². The molecule has 1 aromatic rings. The molecule has 0 spiro atoms. The van der Waals surface area contributed by atoms with E-state index in [1.807, 2.05) is 0 Å². The molecule has 0 amide bonds. The number of ether oxygens (including phenoxy) is 1. The lowest BCUT2D eigenvalue weighted by atomic mass is 10.2. The maximum Gasteiger partial charge on any atom is 0.275 e. The van der Waals surface area contributed by atoms with Crippen molar-refractivity contribution in [2.45, 2.75) is 6.92 Å². The van der Waals surface area contributed by atoms with Gasteiger partial charge in [-0.3, -0.25) is 10.1 Å². The summed E-state index contributed by atoms with van der Waals surface area (Å²) in [5, 5.41) is 10.5. The van der Waals surface area contributed by atoms with Gasteiger partial charge in [-0.05, 0) is 13.0 Å². The van der Waals surface area contributed by atoms with Crippen molar-refractivity contribution in [1.82, 2.24) is 0 Å². The van der Waals surface area contributed by atoms with Gasteiger partial charge >= 0.3 is 0 Å². The minimum Gasteiger partial charge on any atom is -0.489 e. The molecule has 1 aromatic carbocycles. The van der Waals surface area contributed by atoms with Gasteiger partial charge in [-0.1, -0.05) is 0 Å². The highest BCUT2D eigenvalue weighted by atomic mass is 19.1. The van der Waals surface area contributed by atoms with Crippen molar-refractivity contribution in [3.8, 4) is 5.75 Å². The van der Waals surface area contributed by atoms with Gasteiger partial charge < -0.3 is 10.5 Å². The maximum absolute atomic E-state index is 13.2. The summed E-state index contributed by atoms with van der Waals surface area (Å²) in [6.07, 6.45) is 0. The smallest absolute Gasteiger partial charge is 0.275 e. The van der Waals surface area contributed by atoms with Gasteiger partial charge in [-0.2, -0.15) is 0 Å². The number of benzene rings is 1. The van der Waals surface area contributed by atoms with Crippen LogP contribution in [0, 0.1) is 22.9 Å². The Bertz CT molecular complexity index is 382. The van der Waals surface area contributed by atoms with Crippen LogP contribution in [0.25, 0.3) is 0 Å². The van der Waals surface area contributed by atoms with Crippen molar-refractivity contribution in [3.63, 3.8) is 0 Å². The maximum atomic E-state index is 13.2. The van der Waals surface area contributed by atoms with E-state index in [1.54, 1.807) is 0 Å². The van der Waals surface area contributed by atoms with Gasteiger partial charge in [0, 0.05) is 12.1 Å². The van der Waals surface area contributed by atoms with E-state index in [9.17, 15) is 14.5 Å². The molecule has 0 aliphatic heterocycles. The molecule has 2 N–H and O–H groups in total. The van der Waals surface area contributed by atoms with E-state index < -0.39 is 10.7 Å². The minimum atomic E-state index is -0.749. The molecule has 0 aliphatic rings. The van der Waals surface area contributed by atoms with Crippen molar-refractivity contribution in [2.24, 2.45) is 5.73 Å². The highest BCUT2D eigenvalue weighted by Gasteiger charge is 2.15. The number of nitrogens with two attached hydrogens (primary N) is 1. The Hall–Kier alpha value is -1.69. The Balaban J connectivity index is 3.02. The zero-order valence-corrected chi connectivity index (χ0v) is 8.20. The number of aryl methyl sites for hydroxylation is 1. The SMILES string of the molecule is Cc1cc(OCCN)c(F)cc1[N+](=O)[O-]. The molecule has 0 saturated heterocycles. The zero-order valence-electron chi connectivity index (χ0n) is 8.20. The molecule has 82 valence electrons. The Kier molecular flexibility index (Phi) is 3.56. The molecule has 5 nitrogen and oxygen atoms in total. The first-order valence-electron chi connectivity index (χ1n) is 4.33. The van der Waals surface area contributed by atoms with Crippen LogP contribution in [-0.4, -0.2) is 18.1 Å². The average Bonchev–Trinajstić information content (AvgIpc) is 2.18. The van der Waals surface area contributed by atoms with Crippen LogP contribution in [0.2, 0.25) is 0 Å². The predicted molar refractivity (Wildman–Crippen MR) is 52.3 cm³/mol. The lowest BCUT2D eigenvalue weighted by Gasteiger charge is -2.06. The molecule has 15 heavy (non-hydrogen) atoms. The fourth-order valence-corrected chi connectivity index (χ4v) is 1.12. The summed E-state index contributed by atoms with van der Waals surface area (Å²) >= 11 is 0. The monoisotopic (exact) mass is 214 g/mol. The first-order chi connectivity index (χ1) is 7.06. The molecule has 0 aliphatic carbocycles. The van der Waals surface area contributed by atoms with Crippen molar-refractivity contribution in [2.75, 3.05) is 13.2 Å². The highest BCUT2D eigenvalue weighted by Crippen LogP contribution is 2.26. The fourth-order valence-electron chi connectivity index (χ4n) is 1.12. The molecule has 0 saturated carbocycles. The highest BCUT2D eigenvalue weighted by molar-refractivity contribution is 5.45. The van der Waals surface area contributed by atoms with E-state index in [0.717, 1.165) is 6.07 Å². The average molecular weight is 214 g/mol. The van der Waals surface area contributed by atoms with Crippen LogP contribution >= 0.6 is 0 Å². The van der Waals surface area contributed by atoms with Crippen LogP contribution in [0.4, 0.5) is 10.1 Å². The normalized spacial score (nSPS) is 10.1. The standard InChI is InChI=1S/C9H11FN2O3/c1-6-4-9(15-3-2-11)7(10)5-8(6)12(13)14/h4-5H,2-3,11H2,1H3. The summed E-state index contributed by atoms with van der Waals surface area (Å²) in [6, 6.07) is 2.14. The summed E-state index contributed by atoms with van der Waals surface area (Å²) in [4.78, 5) is 9.84. The molecular formula is C9H11FN2O3. The summed E-state index contributed by atoms with van der Waals surface area (Å²) in [6.45, 7) is 1.95. The number of halogens is 1. The first-order valence-corrected chi connectivity index (χ1v) is 4.33. The van der Waals surface area contributed by atoms with E-state index in [2.05, 4.69) is 0 Å². The van der Waals surface area contributed by atoms with E-state index >= 15 is 0 Å². The Labute approximate surface area is 85.8 Å². The van der Waals surface area contributed by atoms with Crippen LogP contribution in [0.15, 0.2) is 12.1 Å². The molecular weight excluding hydrogens is 203 g/mol. The van der Waals surface area contributed by atoms with Crippen LogP contribution in [0.1, 0.15) is 5.56 Å². The van der Waals surface area contributed by atoms with E-state index in [4.69, 9.17) is 10.5 Å². The molecule has 0 bridgehead atoms. The molecule has 1 rings (SSSR count). The summed E-state index contributed by atoms with van der Waals surface area (Å²) in [5.41, 5.74) is 5.29. The summed E-state index contributed by atoms with van der Waals surface area (Å²) in [7, 11) is 0. The summed E-state index contributed by atoms with van der Waals surface area (Å²) < 4.78 is 18.2. The van der Waals surface area contributed by atoms with Crippen LogP contribution in [0.3, 0.4) is 0 Å². The van der Waals surface area contributed by atoms with Crippen molar-refractivity contribution >= 4 is 5.69 Å².